The standard InChI is InChI=1S/C31H56N2O8/c1-21(2)14-12-10-8-6-7-9-11-13-15-26(35)41-23-17-18-24(30(38)32-20-23)33-31(39)29(40-5)28(37)27(36)25(34)19-16-22(3)4/h16,19,21-25,27-29,34,36-37H,6-15,17-18,20H2,1-5H3,(H,32,38)(H,33,39). The largest absolute Gasteiger partial charge is 0.460 e. The van der Waals surface area contributed by atoms with Crippen LogP contribution in [0.4, 0.5) is 0 Å². The molecule has 0 aromatic carbocycles. The Morgan fingerprint density at radius 2 is 1.54 bits per heavy atom. The van der Waals surface area contributed by atoms with Gasteiger partial charge in [0.2, 0.25) is 5.91 Å². The van der Waals surface area contributed by atoms with E-state index in [4.69, 9.17) is 9.47 Å². The van der Waals surface area contributed by atoms with E-state index in [1.807, 2.05) is 13.8 Å². The number of amides is 2. The van der Waals surface area contributed by atoms with Crippen LogP contribution < -0.4 is 10.6 Å². The summed E-state index contributed by atoms with van der Waals surface area (Å²) in [6.45, 7) is 8.45. The number of hydrogen-bond acceptors (Lipinski definition) is 8. The fourth-order valence-corrected chi connectivity index (χ4v) is 4.78. The summed E-state index contributed by atoms with van der Waals surface area (Å²) < 4.78 is 10.7. The van der Waals surface area contributed by atoms with Gasteiger partial charge in [0.25, 0.3) is 5.91 Å². The molecule has 238 valence electrons. The number of methoxy groups -OCH3 is 1. The summed E-state index contributed by atoms with van der Waals surface area (Å²) in [4.78, 5) is 37.7. The number of unbranched alkanes of at least 4 members (excludes halogenated alkanes) is 7. The Bertz CT molecular complexity index is 788. The predicted molar refractivity (Wildman–Crippen MR) is 158 cm³/mol. The van der Waals surface area contributed by atoms with Crippen molar-refractivity contribution in [2.75, 3.05) is 13.7 Å². The maximum absolute atomic E-state index is 12.8. The minimum atomic E-state index is -1.73. The van der Waals surface area contributed by atoms with Gasteiger partial charge >= 0.3 is 5.97 Å². The molecule has 0 aromatic rings. The van der Waals surface area contributed by atoms with Crippen LogP contribution in [0.5, 0.6) is 0 Å². The van der Waals surface area contributed by atoms with Crippen molar-refractivity contribution in [1.82, 2.24) is 10.6 Å². The lowest BCUT2D eigenvalue weighted by molar-refractivity contribution is -0.151. The quantitative estimate of drug-likeness (QED) is 0.0831. The zero-order valence-corrected chi connectivity index (χ0v) is 25.8. The van der Waals surface area contributed by atoms with Crippen LogP contribution >= 0.6 is 0 Å². The minimum absolute atomic E-state index is 0.122. The molecule has 0 saturated carbocycles. The molecule has 1 aliphatic heterocycles. The first-order chi connectivity index (χ1) is 19.5. The number of nitrogens with one attached hydrogen (secondary N) is 2. The van der Waals surface area contributed by atoms with Crippen molar-refractivity contribution in [2.45, 2.75) is 141 Å². The van der Waals surface area contributed by atoms with E-state index in [0.717, 1.165) is 25.2 Å². The van der Waals surface area contributed by atoms with E-state index in [1.165, 1.54) is 51.7 Å². The Balaban J connectivity index is 2.40. The van der Waals surface area contributed by atoms with Gasteiger partial charge in [-0.1, -0.05) is 91.2 Å². The normalized spacial score (nSPS) is 20.9. The molecular weight excluding hydrogens is 528 g/mol. The number of aliphatic hydroxyl groups excluding tert-OH is 3. The SMILES string of the molecule is COC(C(=O)NC1CCC(OC(=O)CCCCCCCCCCC(C)C)CNC1=O)C(O)C(O)C(O)C=CC(C)C. The van der Waals surface area contributed by atoms with Crippen molar-refractivity contribution in [3.05, 3.63) is 12.2 Å². The van der Waals surface area contributed by atoms with Gasteiger partial charge in [0.05, 0.1) is 6.54 Å². The molecule has 1 fully saturated rings. The fraction of sp³-hybridized carbons (Fsp3) is 0.839. The van der Waals surface area contributed by atoms with Crippen LogP contribution in [-0.4, -0.2) is 83.3 Å². The number of hydrogen-bond donors (Lipinski definition) is 5. The highest BCUT2D eigenvalue weighted by molar-refractivity contribution is 5.89. The van der Waals surface area contributed by atoms with E-state index < -0.39 is 48.4 Å². The van der Waals surface area contributed by atoms with Crippen molar-refractivity contribution < 1.29 is 39.2 Å². The van der Waals surface area contributed by atoms with Gasteiger partial charge in [-0.05, 0) is 31.1 Å². The molecule has 6 atom stereocenters. The Morgan fingerprint density at radius 1 is 0.927 bits per heavy atom. The summed E-state index contributed by atoms with van der Waals surface area (Å²) in [7, 11) is 1.19. The van der Waals surface area contributed by atoms with Gasteiger partial charge in [-0.2, -0.15) is 0 Å². The number of esters is 1. The Morgan fingerprint density at radius 3 is 2.12 bits per heavy atom. The lowest BCUT2D eigenvalue weighted by Crippen LogP contribution is -2.55. The van der Waals surface area contributed by atoms with Crippen LogP contribution in [0.1, 0.15) is 105 Å². The highest BCUT2D eigenvalue weighted by Gasteiger charge is 2.37. The van der Waals surface area contributed by atoms with E-state index in [1.54, 1.807) is 6.08 Å². The van der Waals surface area contributed by atoms with Crippen LogP contribution in [0.2, 0.25) is 0 Å². The third-order valence-corrected chi connectivity index (χ3v) is 7.34. The van der Waals surface area contributed by atoms with Crippen LogP contribution in [0.3, 0.4) is 0 Å². The summed E-state index contributed by atoms with van der Waals surface area (Å²) >= 11 is 0. The molecule has 0 aliphatic carbocycles. The summed E-state index contributed by atoms with van der Waals surface area (Å²) in [6, 6.07) is -0.927. The predicted octanol–water partition coefficient (Wildman–Crippen LogP) is 3.16. The van der Waals surface area contributed by atoms with Crippen LogP contribution in [0.25, 0.3) is 0 Å². The smallest absolute Gasteiger partial charge is 0.306 e. The molecule has 0 aromatic heterocycles. The molecule has 2 amide bonds. The molecule has 5 N–H and O–H groups in total. The number of aliphatic hydroxyl groups is 3. The molecule has 0 spiro atoms. The van der Waals surface area contributed by atoms with Crippen LogP contribution in [0, 0.1) is 11.8 Å². The van der Waals surface area contributed by atoms with Crippen molar-refractivity contribution in [2.24, 2.45) is 11.8 Å². The summed E-state index contributed by atoms with van der Waals surface area (Å²) in [5.41, 5.74) is 0. The Labute approximate surface area is 246 Å². The van der Waals surface area contributed by atoms with Gasteiger partial charge in [-0.3, -0.25) is 14.4 Å². The average Bonchev–Trinajstić information content (AvgIpc) is 3.08. The van der Waals surface area contributed by atoms with E-state index in [9.17, 15) is 29.7 Å². The highest BCUT2D eigenvalue weighted by Crippen LogP contribution is 2.16. The zero-order valence-electron chi connectivity index (χ0n) is 25.8. The minimum Gasteiger partial charge on any atom is -0.460 e. The van der Waals surface area contributed by atoms with E-state index in [-0.39, 0.29) is 24.9 Å². The van der Waals surface area contributed by atoms with Gasteiger partial charge in [-0.25, -0.2) is 0 Å². The second kappa shape index (κ2) is 20.8. The summed E-state index contributed by atoms with van der Waals surface area (Å²) in [5, 5.41) is 36.1. The van der Waals surface area contributed by atoms with Gasteiger partial charge in [0.1, 0.15) is 30.5 Å². The second-order valence-corrected chi connectivity index (χ2v) is 12.0. The molecule has 0 radical (unpaired) electrons. The molecule has 1 heterocycles. The molecule has 1 aliphatic rings. The molecular formula is C31H56N2O8. The lowest BCUT2D eigenvalue weighted by Gasteiger charge is -2.28. The van der Waals surface area contributed by atoms with Crippen molar-refractivity contribution in [1.29, 1.82) is 0 Å². The first-order valence-electron chi connectivity index (χ1n) is 15.5. The van der Waals surface area contributed by atoms with Gasteiger partial charge in [0.15, 0.2) is 6.10 Å². The van der Waals surface area contributed by atoms with E-state index >= 15 is 0 Å². The van der Waals surface area contributed by atoms with E-state index in [0.29, 0.717) is 12.8 Å². The number of allylic oxidation sites excluding steroid dienone is 1. The van der Waals surface area contributed by atoms with Crippen molar-refractivity contribution in [3.8, 4) is 0 Å². The van der Waals surface area contributed by atoms with Gasteiger partial charge < -0.3 is 35.4 Å². The Kier molecular flexibility index (Phi) is 18.8. The molecule has 10 nitrogen and oxygen atoms in total. The van der Waals surface area contributed by atoms with Crippen LogP contribution in [-0.2, 0) is 23.9 Å². The van der Waals surface area contributed by atoms with Crippen molar-refractivity contribution >= 4 is 17.8 Å². The fourth-order valence-electron chi connectivity index (χ4n) is 4.78. The highest BCUT2D eigenvalue weighted by atomic mass is 16.5. The lowest BCUT2D eigenvalue weighted by atomic mass is 10.00. The maximum atomic E-state index is 12.8. The summed E-state index contributed by atoms with van der Waals surface area (Å²) in [6.07, 6.45) is 7.61. The number of rotatable bonds is 20. The second-order valence-electron chi connectivity index (χ2n) is 12.0. The van der Waals surface area contributed by atoms with Crippen molar-refractivity contribution in [3.63, 3.8) is 0 Å². The third-order valence-electron chi connectivity index (χ3n) is 7.34. The average molecular weight is 585 g/mol. The Hall–Kier alpha value is -2.01. The molecule has 41 heavy (non-hydrogen) atoms. The molecule has 10 heteroatoms. The topological polar surface area (TPSA) is 154 Å². The number of carbonyl (C=O) groups excluding carboxylic acids is 3. The number of ether oxygens (including phenoxy) is 2. The molecule has 0 bridgehead atoms. The summed E-state index contributed by atoms with van der Waals surface area (Å²) in [5.74, 6) is -0.630. The molecule has 1 rings (SSSR count). The molecule has 1 saturated heterocycles. The third kappa shape index (κ3) is 15.7. The van der Waals surface area contributed by atoms with Gasteiger partial charge in [-0.15, -0.1) is 0 Å². The first-order valence-corrected chi connectivity index (χ1v) is 15.5. The van der Waals surface area contributed by atoms with Gasteiger partial charge in [0, 0.05) is 13.5 Å². The number of carbonyl (C=O) groups is 3. The van der Waals surface area contributed by atoms with Crippen LogP contribution in [0.15, 0.2) is 12.2 Å². The monoisotopic (exact) mass is 584 g/mol. The molecule has 6 unspecified atom stereocenters. The van der Waals surface area contributed by atoms with E-state index in [2.05, 4.69) is 24.5 Å². The maximum Gasteiger partial charge on any atom is 0.306 e. The first kappa shape index (κ1) is 37.0. The zero-order chi connectivity index (χ0) is 30.8.